The maximum Gasteiger partial charge on any atom is 0.303 e. The number of hydrogen-bond donors (Lipinski definition) is 2. The van der Waals surface area contributed by atoms with Crippen molar-refractivity contribution in [1.29, 1.82) is 0 Å². The molecule has 2 N–H and O–H groups in total. The van der Waals surface area contributed by atoms with E-state index >= 15 is 0 Å². The summed E-state index contributed by atoms with van der Waals surface area (Å²) in [6.45, 7) is 6.87. The Kier molecular flexibility index (Phi) is 4.77. The Labute approximate surface area is 164 Å². The van der Waals surface area contributed by atoms with Gasteiger partial charge in [-0.2, -0.15) is 0 Å². The van der Waals surface area contributed by atoms with E-state index < -0.39 is 11.6 Å². The molecule has 0 aliphatic heterocycles. The molecule has 0 unspecified atom stereocenters. The second-order valence-electron chi connectivity index (χ2n) is 10.9. The summed E-state index contributed by atoms with van der Waals surface area (Å²) in [5, 5.41) is 20.3. The zero-order chi connectivity index (χ0) is 19.4. The van der Waals surface area contributed by atoms with E-state index in [2.05, 4.69) is 19.9 Å². The van der Waals surface area contributed by atoms with Crippen LogP contribution in [-0.2, 0) is 4.79 Å². The van der Waals surface area contributed by atoms with Crippen LogP contribution in [0.2, 0.25) is 0 Å². The van der Waals surface area contributed by atoms with Gasteiger partial charge in [0, 0.05) is 6.42 Å². The van der Waals surface area contributed by atoms with Gasteiger partial charge in [0.05, 0.1) is 5.60 Å². The van der Waals surface area contributed by atoms with Gasteiger partial charge in [-0.3, -0.25) is 4.79 Å². The fraction of sp³-hybridized carbons (Fsp3) is 0.875. The van der Waals surface area contributed by atoms with E-state index in [4.69, 9.17) is 5.11 Å². The number of hydrogen-bond acceptors (Lipinski definition) is 2. The van der Waals surface area contributed by atoms with E-state index in [-0.39, 0.29) is 17.8 Å². The Bertz CT molecular complexity index is 636. The summed E-state index contributed by atoms with van der Waals surface area (Å²) in [5.74, 6) is 1.71. The molecule has 0 saturated heterocycles. The first-order chi connectivity index (χ1) is 12.7. The molecule has 3 nitrogen and oxygen atoms in total. The van der Waals surface area contributed by atoms with Gasteiger partial charge in [0.2, 0.25) is 0 Å². The molecule has 27 heavy (non-hydrogen) atoms. The van der Waals surface area contributed by atoms with Gasteiger partial charge in [-0.05, 0) is 99.2 Å². The van der Waals surface area contributed by atoms with Crippen LogP contribution in [0.1, 0.15) is 91.4 Å². The third-order valence-corrected chi connectivity index (χ3v) is 9.61. The average molecular weight is 375 g/mol. The van der Waals surface area contributed by atoms with Crippen molar-refractivity contribution in [3.8, 4) is 0 Å². The van der Waals surface area contributed by atoms with Crippen LogP contribution in [0.4, 0.5) is 0 Å². The minimum absolute atomic E-state index is 0.0699. The van der Waals surface area contributed by atoms with Crippen molar-refractivity contribution in [3.05, 3.63) is 11.6 Å². The van der Waals surface area contributed by atoms with Gasteiger partial charge in [0.15, 0.2) is 0 Å². The van der Waals surface area contributed by atoms with Crippen LogP contribution in [0.15, 0.2) is 11.6 Å². The fourth-order valence-electron chi connectivity index (χ4n) is 8.25. The number of aliphatic hydroxyl groups is 1. The fourth-order valence-corrected chi connectivity index (χ4v) is 8.25. The summed E-state index contributed by atoms with van der Waals surface area (Å²) >= 11 is 0. The minimum Gasteiger partial charge on any atom is -0.481 e. The molecular weight excluding hydrogens is 336 g/mol. The molecule has 4 aliphatic rings. The van der Waals surface area contributed by atoms with Crippen molar-refractivity contribution < 1.29 is 15.0 Å². The molecule has 0 spiro atoms. The largest absolute Gasteiger partial charge is 0.481 e. The zero-order valence-electron chi connectivity index (χ0n) is 17.5. The topological polar surface area (TPSA) is 57.5 Å². The van der Waals surface area contributed by atoms with E-state index in [1.165, 1.54) is 51.4 Å². The number of allylic oxidation sites excluding steroid dienone is 2. The highest BCUT2D eigenvalue weighted by atomic mass is 16.4. The maximum absolute atomic E-state index is 11.2. The Hall–Kier alpha value is -0.830. The maximum atomic E-state index is 11.2. The first kappa shape index (κ1) is 19.5. The van der Waals surface area contributed by atoms with Crippen LogP contribution in [0, 0.1) is 34.5 Å². The van der Waals surface area contributed by atoms with E-state index in [1.54, 1.807) is 5.57 Å². The standard InChI is InChI=1S/C24H38O3/c1-22-13-5-4-6-16(22)7-8-17-18-9-10-20(23(18,2)14-11-19(17)22)24(3,27)15-12-21(25)26/h7,17-20,27H,4-6,8-15H2,1-3H3,(H,25,26)/t17-,18-,19-,20-,22-,23-,24-/m0/s1. The molecule has 4 rings (SSSR count). The summed E-state index contributed by atoms with van der Waals surface area (Å²) in [4.78, 5) is 11.1. The molecular formula is C24H38O3. The monoisotopic (exact) mass is 374 g/mol. The molecule has 4 aliphatic carbocycles. The number of carboxylic acids is 1. The number of aliphatic carboxylic acids is 1. The highest BCUT2D eigenvalue weighted by molar-refractivity contribution is 5.66. The van der Waals surface area contributed by atoms with Gasteiger partial charge in [0.25, 0.3) is 0 Å². The quantitative estimate of drug-likeness (QED) is 0.632. The molecule has 3 heteroatoms. The van der Waals surface area contributed by atoms with E-state index in [1.807, 2.05) is 6.92 Å². The normalized spacial score (nSPS) is 45.9. The number of fused-ring (bicyclic) bond motifs is 5. The van der Waals surface area contributed by atoms with Gasteiger partial charge in [0.1, 0.15) is 0 Å². The average Bonchev–Trinajstić information content (AvgIpc) is 2.97. The van der Waals surface area contributed by atoms with Crippen LogP contribution in [0.5, 0.6) is 0 Å². The molecule has 3 saturated carbocycles. The van der Waals surface area contributed by atoms with E-state index in [0.29, 0.717) is 17.8 Å². The Balaban J connectivity index is 1.58. The van der Waals surface area contributed by atoms with Gasteiger partial charge in [-0.1, -0.05) is 31.9 Å². The van der Waals surface area contributed by atoms with E-state index in [9.17, 15) is 9.90 Å². The van der Waals surface area contributed by atoms with Crippen molar-refractivity contribution in [2.75, 3.05) is 0 Å². The lowest BCUT2D eigenvalue weighted by molar-refractivity contribution is -0.141. The van der Waals surface area contributed by atoms with Crippen molar-refractivity contribution >= 4 is 5.97 Å². The molecule has 0 amide bonds. The van der Waals surface area contributed by atoms with Crippen LogP contribution in [-0.4, -0.2) is 21.8 Å². The summed E-state index contributed by atoms with van der Waals surface area (Å²) < 4.78 is 0. The van der Waals surface area contributed by atoms with Gasteiger partial charge >= 0.3 is 5.97 Å². The molecule has 7 atom stereocenters. The lowest BCUT2D eigenvalue weighted by Crippen LogP contribution is -2.52. The molecule has 152 valence electrons. The number of carbonyl (C=O) groups is 1. The SMILES string of the molecule is C[C@]12CC[C@H]3[C@@H](CC=C4CCCC[C@@]43C)[C@@H]1CC[C@@H]2[C@@](C)(O)CCC(=O)O. The van der Waals surface area contributed by atoms with Crippen molar-refractivity contribution in [2.45, 2.75) is 97.0 Å². The van der Waals surface area contributed by atoms with Crippen LogP contribution in [0.3, 0.4) is 0 Å². The zero-order valence-corrected chi connectivity index (χ0v) is 17.5. The highest BCUT2D eigenvalue weighted by Crippen LogP contribution is 2.67. The molecule has 0 aromatic carbocycles. The lowest BCUT2D eigenvalue weighted by Gasteiger charge is -2.58. The summed E-state index contributed by atoms with van der Waals surface area (Å²) in [7, 11) is 0. The second-order valence-corrected chi connectivity index (χ2v) is 10.9. The van der Waals surface area contributed by atoms with Gasteiger partial charge in [-0.15, -0.1) is 0 Å². The van der Waals surface area contributed by atoms with Crippen molar-refractivity contribution in [2.24, 2.45) is 34.5 Å². The third-order valence-electron chi connectivity index (χ3n) is 9.61. The molecule has 0 bridgehead atoms. The van der Waals surface area contributed by atoms with Crippen LogP contribution < -0.4 is 0 Å². The van der Waals surface area contributed by atoms with Gasteiger partial charge < -0.3 is 10.2 Å². The van der Waals surface area contributed by atoms with Crippen LogP contribution in [0.25, 0.3) is 0 Å². The van der Waals surface area contributed by atoms with Crippen molar-refractivity contribution in [1.82, 2.24) is 0 Å². The summed E-state index contributed by atoms with van der Waals surface area (Å²) in [6.07, 6.45) is 14.5. The first-order valence-corrected chi connectivity index (χ1v) is 11.3. The number of carboxylic acid groups (broad SMARTS) is 1. The molecule has 0 aromatic rings. The number of rotatable bonds is 4. The third kappa shape index (κ3) is 2.99. The van der Waals surface area contributed by atoms with Gasteiger partial charge in [-0.25, -0.2) is 0 Å². The van der Waals surface area contributed by atoms with E-state index in [0.717, 1.165) is 18.3 Å². The Morgan fingerprint density at radius 1 is 1.19 bits per heavy atom. The lowest BCUT2D eigenvalue weighted by atomic mass is 9.47. The highest BCUT2D eigenvalue weighted by Gasteiger charge is 2.60. The molecule has 0 aromatic heterocycles. The Morgan fingerprint density at radius 2 is 1.96 bits per heavy atom. The Morgan fingerprint density at radius 3 is 2.70 bits per heavy atom. The predicted octanol–water partition coefficient (Wildman–Crippen LogP) is 5.57. The first-order valence-electron chi connectivity index (χ1n) is 11.3. The van der Waals surface area contributed by atoms with Crippen LogP contribution >= 0.6 is 0 Å². The molecule has 3 fully saturated rings. The second kappa shape index (κ2) is 6.61. The molecule has 0 heterocycles. The summed E-state index contributed by atoms with van der Waals surface area (Å²) in [5.41, 5.74) is 1.48. The molecule has 0 radical (unpaired) electrons. The minimum atomic E-state index is -0.862. The smallest absolute Gasteiger partial charge is 0.303 e. The summed E-state index contributed by atoms with van der Waals surface area (Å²) in [6, 6.07) is 0. The predicted molar refractivity (Wildman–Crippen MR) is 107 cm³/mol. The van der Waals surface area contributed by atoms with Crippen molar-refractivity contribution in [3.63, 3.8) is 0 Å².